The summed E-state index contributed by atoms with van der Waals surface area (Å²) >= 11 is 6.00. The predicted octanol–water partition coefficient (Wildman–Crippen LogP) is 3.63. The third-order valence-electron chi connectivity index (χ3n) is 2.70. The monoisotopic (exact) mass is 243 g/mol. The van der Waals surface area contributed by atoms with Crippen molar-refractivity contribution >= 4 is 11.6 Å². The molecule has 0 amide bonds. The van der Waals surface area contributed by atoms with Crippen LogP contribution in [0.1, 0.15) is 30.9 Å². The molecular formula is C13H19ClFN. The number of halogens is 2. The molecule has 0 spiro atoms. The molecule has 0 bridgehead atoms. The number of rotatable bonds is 6. The van der Waals surface area contributed by atoms with E-state index in [-0.39, 0.29) is 11.2 Å². The molecule has 0 saturated carbocycles. The summed E-state index contributed by atoms with van der Waals surface area (Å²) < 4.78 is 13.0. The number of hydrogen-bond acceptors (Lipinski definition) is 1. The van der Waals surface area contributed by atoms with E-state index >= 15 is 0 Å². The Balaban J connectivity index is 2.34. The van der Waals surface area contributed by atoms with Gasteiger partial charge >= 0.3 is 0 Å². The molecule has 1 rings (SSSR count). The fourth-order valence-corrected chi connectivity index (χ4v) is 1.63. The zero-order valence-electron chi connectivity index (χ0n) is 9.89. The molecule has 90 valence electrons. The lowest BCUT2D eigenvalue weighted by Gasteiger charge is -2.09. The van der Waals surface area contributed by atoms with E-state index in [1.54, 1.807) is 6.07 Å². The molecule has 0 heterocycles. The Morgan fingerprint density at radius 1 is 1.44 bits per heavy atom. The maximum absolute atomic E-state index is 13.0. The number of aryl methyl sites for hydroxylation is 1. The van der Waals surface area contributed by atoms with Gasteiger partial charge in [-0.25, -0.2) is 4.39 Å². The highest BCUT2D eigenvalue weighted by Crippen LogP contribution is 2.10. The number of hydrogen-bond donors (Lipinski definition) is 1. The highest BCUT2D eigenvalue weighted by molar-refractivity contribution is 6.20. The highest BCUT2D eigenvalue weighted by atomic mass is 35.5. The largest absolute Gasteiger partial charge is 0.313 e. The van der Waals surface area contributed by atoms with E-state index in [0.717, 1.165) is 30.5 Å². The molecule has 1 N–H and O–H groups in total. The molecule has 0 saturated heterocycles. The maximum Gasteiger partial charge on any atom is 0.123 e. The van der Waals surface area contributed by atoms with Crippen molar-refractivity contribution in [2.75, 3.05) is 6.54 Å². The Labute approximate surface area is 102 Å². The minimum Gasteiger partial charge on any atom is -0.313 e. The molecule has 3 heteroatoms. The van der Waals surface area contributed by atoms with Gasteiger partial charge < -0.3 is 5.32 Å². The molecule has 1 nitrogen and oxygen atoms in total. The van der Waals surface area contributed by atoms with Crippen molar-refractivity contribution in [3.05, 3.63) is 35.1 Å². The van der Waals surface area contributed by atoms with Crippen molar-refractivity contribution in [3.63, 3.8) is 0 Å². The van der Waals surface area contributed by atoms with Gasteiger partial charge in [0.25, 0.3) is 0 Å². The van der Waals surface area contributed by atoms with Gasteiger partial charge in [-0.05, 0) is 49.6 Å². The molecule has 0 fully saturated rings. The first kappa shape index (κ1) is 13.5. The smallest absolute Gasteiger partial charge is 0.123 e. The Hall–Kier alpha value is -0.600. The summed E-state index contributed by atoms with van der Waals surface area (Å²) in [6.07, 6.45) is 1.94. The second-order valence-electron chi connectivity index (χ2n) is 4.04. The molecule has 0 aliphatic heterocycles. The summed E-state index contributed by atoms with van der Waals surface area (Å²) in [5, 5.41) is 3.52. The van der Waals surface area contributed by atoms with Gasteiger partial charge in [0.15, 0.2) is 0 Å². The molecule has 0 aliphatic rings. The molecule has 16 heavy (non-hydrogen) atoms. The van der Waals surface area contributed by atoms with Crippen LogP contribution < -0.4 is 5.32 Å². The van der Waals surface area contributed by atoms with Crippen molar-refractivity contribution in [2.24, 2.45) is 0 Å². The van der Waals surface area contributed by atoms with Crippen LogP contribution in [0.3, 0.4) is 0 Å². The maximum atomic E-state index is 13.0. The lowest BCUT2D eigenvalue weighted by molar-refractivity contribution is 0.605. The molecule has 1 aromatic rings. The standard InChI is InChI=1S/C13H19ClFN/c1-3-12(14)6-7-16-9-11-8-13(15)5-4-10(11)2/h4-5,8,12,16H,3,6-7,9H2,1-2H3. The molecule has 0 aliphatic carbocycles. The predicted molar refractivity (Wildman–Crippen MR) is 67.4 cm³/mol. The van der Waals surface area contributed by atoms with E-state index in [1.807, 2.05) is 13.0 Å². The molecule has 0 radical (unpaired) electrons. The van der Waals surface area contributed by atoms with Gasteiger partial charge in [-0.15, -0.1) is 11.6 Å². The van der Waals surface area contributed by atoms with E-state index in [9.17, 15) is 4.39 Å². The minimum atomic E-state index is -0.175. The molecule has 1 atom stereocenters. The topological polar surface area (TPSA) is 12.0 Å². The zero-order chi connectivity index (χ0) is 12.0. The average Bonchev–Trinajstić information content (AvgIpc) is 2.28. The van der Waals surface area contributed by atoms with Crippen LogP contribution in [0.25, 0.3) is 0 Å². The summed E-state index contributed by atoms with van der Waals surface area (Å²) in [6.45, 7) is 5.65. The fourth-order valence-electron chi connectivity index (χ4n) is 1.52. The van der Waals surface area contributed by atoms with Gasteiger partial charge in [-0.2, -0.15) is 0 Å². The quantitative estimate of drug-likeness (QED) is 0.594. The first-order valence-corrected chi connectivity index (χ1v) is 6.17. The van der Waals surface area contributed by atoms with Crippen molar-refractivity contribution in [1.82, 2.24) is 5.32 Å². The first-order valence-electron chi connectivity index (χ1n) is 5.73. The molecule has 0 aromatic heterocycles. The van der Waals surface area contributed by atoms with E-state index in [1.165, 1.54) is 6.07 Å². The Bertz CT molecular complexity index is 328. The van der Waals surface area contributed by atoms with Crippen LogP contribution in [-0.2, 0) is 6.54 Å². The average molecular weight is 244 g/mol. The van der Waals surface area contributed by atoms with Crippen LogP contribution in [0.15, 0.2) is 18.2 Å². The summed E-state index contributed by atoms with van der Waals surface area (Å²) in [6, 6.07) is 4.88. The van der Waals surface area contributed by atoms with Crippen LogP contribution in [0.5, 0.6) is 0 Å². The van der Waals surface area contributed by atoms with Gasteiger partial charge in [0.2, 0.25) is 0 Å². The van der Waals surface area contributed by atoms with E-state index in [4.69, 9.17) is 11.6 Å². The third kappa shape index (κ3) is 4.50. The van der Waals surface area contributed by atoms with Crippen LogP contribution in [0.4, 0.5) is 4.39 Å². The van der Waals surface area contributed by atoms with Gasteiger partial charge in [-0.1, -0.05) is 13.0 Å². The molecule has 1 unspecified atom stereocenters. The van der Waals surface area contributed by atoms with Crippen molar-refractivity contribution < 1.29 is 4.39 Å². The lowest BCUT2D eigenvalue weighted by Crippen LogP contribution is -2.18. The van der Waals surface area contributed by atoms with Crippen LogP contribution >= 0.6 is 11.6 Å². The van der Waals surface area contributed by atoms with Gasteiger partial charge in [0, 0.05) is 11.9 Å². The summed E-state index contributed by atoms with van der Waals surface area (Å²) in [7, 11) is 0. The normalized spacial score (nSPS) is 12.8. The Morgan fingerprint density at radius 3 is 2.88 bits per heavy atom. The number of alkyl halides is 1. The van der Waals surface area contributed by atoms with Crippen molar-refractivity contribution in [2.45, 2.75) is 38.6 Å². The van der Waals surface area contributed by atoms with Crippen LogP contribution in [-0.4, -0.2) is 11.9 Å². The lowest BCUT2D eigenvalue weighted by atomic mass is 10.1. The fraction of sp³-hybridized carbons (Fsp3) is 0.538. The summed E-state index contributed by atoms with van der Waals surface area (Å²) in [5.74, 6) is -0.175. The van der Waals surface area contributed by atoms with E-state index in [2.05, 4.69) is 12.2 Å². The molecular weight excluding hydrogens is 225 g/mol. The summed E-state index contributed by atoms with van der Waals surface area (Å²) in [4.78, 5) is 0. The third-order valence-corrected chi connectivity index (χ3v) is 3.23. The highest BCUT2D eigenvalue weighted by Gasteiger charge is 2.02. The first-order chi connectivity index (χ1) is 7.63. The molecule has 1 aromatic carbocycles. The van der Waals surface area contributed by atoms with Crippen LogP contribution in [0.2, 0.25) is 0 Å². The van der Waals surface area contributed by atoms with Crippen molar-refractivity contribution in [3.8, 4) is 0 Å². The Kier molecular flexibility index (Phi) is 5.78. The van der Waals surface area contributed by atoms with Gasteiger partial charge in [0.1, 0.15) is 5.82 Å². The second-order valence-corrected chi connectivity index (χ2v) is 4.66. The van der Waals surface area contributed by atoms with Crippen molar-refractivity contribution in [1.29, 1.82) is 0 Å². The zero-order valence-corrected chi connectivity index (χ0v) is 10.6. The van der Waals surface area contributed by atoms with E-state index in [0.29, 0.717) is 6.54 Å². The van der Waals surface area contributed by atoms with Crippen LogP contribution in [0, 0.1) is 12.7 Å². The van der Waals surface area contributed by atoms with E-state index < -0.39 is 0 Å². The number of benzene rings is 1. The Morgan fingerprint density at radius 2 is 2.19 bits per heavy atom. The number of nitrogens with one attached hydrogen (secondary N) is 1. The van der Waals surface area contributed by atoms with Gasteiger partial charge in [-0.3, -0.25) is 0 Å². The SMILES string of the molecule is CCC(Cl)CCNCc1cc(F)ccc1C. The summed E-state index contributed by atoms with van der Waals surface area (Å²) in [5.41, 5.74) is 2.13. The minimum absolute atomic E-state index is 0.175. The second kappa shape index (κ2) is 6.87. The van der Waals surface area contributed by atoms with Gasteiger partial charge in [0.05, 0.1) is 0 Å².